The van der Waals surface area contributed by atoms with Gasteiger partial charge in [0, 0.05) is 17.4 Å². The van der Waals surface area contributed by atoms with Crippen LogP contribution in [-0.2, 0) is 0 Å². The van der Waals surface area contributed by atoms with Crippen LogP contribution in [0.15, 0.2) is 53.5 Å². The second-order valence-electron chi connectivity index (χ2n) is 5.71. The van der Waals surface area contributed by atoms with Gasteiger partial charge in [-0.3, -0.25) is 9.56 Å². The minimum absolute atomic E-state index is 0.0918. The van der Waals surface area contributed by atoms with Gasteiger partial charge in [0.2, 0.25) is 5.88 Å². The fourth-order valence-electron chi connectivity index (χ4n) is 2.79. The number of nitrogens with one attached hydrogen (secondary N) is 1. The summed E-state index contributed by atoms with van der Waals surface area (Å²) in [5.41, 5.74) is 5.46. The highest BCUT2D eigenvalue weighted by Gasteiger charge is 2.15. The maximum atomic E-state index is 10.6. The van der Waals surface area contributed by atoms with E-state index in [1.54, 1.807) is 10.8 Å². The molecule has 1 aliphatic rings. The van der Waals surface area contributed by atoms with Crippen LogP contribution in [-0.4, -0.2) is 20.9 Å². The van der Waals surface area contributed by atoms with E-state index in [2.05, 4.69) is 9.98 Å². The predicted molar refractivity (Wildman–Crippen MR) is 99.8 cm³/mol. The fraction of sp³-hybridized carbons (Fsp3) is 0.0526. The number of rotatable bonds is 2. The molecule has 0 aliphatic carbocycles. The molecule has 0 saturated carbocycles. The summed E-state index contributed by atoms with van der Waals surface area (Å²) < 4.78 is 2.07. The van der Waals surface area contributed by atoms with Gasteiger partial charge in [-0.15, -0.1) is 0 Å². The molecule has 1 aliphatic heterocycles. The number of fused-ring (bicyclic) bond motifs is 1. The van der Waals surface area contributed by atoms with E-state index in [-0.39, 0.29) is 5.88 Å². The van der Waals surface area contributed by atoms with Crippen molar-refractivity contribution in [3.8, 4) is 11.6 Å². The molecule has 2 aromatic carbocycles. The normalized spacial score (nSPS) is 14.3. The summed E-state index contributed by atoms with van der Waals surface area (Å²) >= 11 is 5.38. The highest BCUT2D eigenvalue weighted by Crippen LogP contribution is 2.33. The average molecular weight is 333 g/mol. The van der Waals surface area contributed by atoms with Crippen molar-refractivity contribution in [1.29, 1.82) is 0 Å². The second kappa shape index (κ2) is 5.62. The number of allylic oxidation sites excluding steroid dienone is 1. The van der Waals surface area contributed by atoms with Gasteiger partial charge in [0.15, 0.2) is 4.77 Å². The smallest absolute Gasteiger partial charge is 0.222 e. The molecule has 0 unspecified atom stereocenters. The molecule has 2 N–H and O–H groups in total. The first-order valence-electron chi connectivity index (χ1n) is 7.60. The molecule has 0 spiro atoms. The summed E-state index contributed by atoms with van der Waals surface area (Å²) in [4.78, 5) is 7.46. The predicted octanol–water partition coefficient (Wildman–Crippen LogP) is 4.81. The summed E-state index contributed by atoms with van der Waals surface area (Å²) in [5, 5.41) is 10.6. The number of aryl methyl sites for hydroxylation is 1. The van der Waals surface area contributed by atoms with Gasteiger partial charge in [-0.1, -0.05) is 35.9 Å². The Kier molecular flexibility index (Phi) is 3.43. The summed E-state index contributed by atoms with van der Waals surface area (Å²) in [5.74, 6) is 0.0918. The molecule has 0 bridgehead atoms. The van der Waals surface area contributed by atoms with Gasteiger partial charge in [-0.25, -0.2) is 0 Å². The highest BCUT2D eigenvalue weighted by atomic mass is 32.1. The van der Waals surface area contributed by atoms with Gasteiger partial charge in [-0.05, 0) is 43.4 Å². The zero-order chi connectivity index (χ0) is 16.7. The maximum absolute atomic E-state index is 10.6. The molecule has 4 rings (SSSR count). The van der Waals surface area contributed by atoms with Crippen LogP contribution in [0.3, 0.4) is 0 Å². The fourth-order valence-corrected chi connectivity index (χ4v) is 3.09. The number of benzene rings is 2. The first-order chi connectivity index (χ1) is 11.6. The second-order valence-corrected chi connectivity index (χ2v) is 6.10. The number of aromatic hydroxyl groups is 1. The Balaban J connectivity index is 1.81. The number of nitrogens with zero attached hydrogens (tertiary/aromatic N) is 2. The summed E-state index contributed by atoms with van der Waals surface area (Å²) in [6.45, 7) is 2.02. The van der Waals surface area contributed by atoms with E-state index in [1.165, 1.54) is 0 Å². The lowest BCUT2D eigenvalue weighted by atomic mass is 10.1. The summed E-state index contributed by atoms with van der Waals surface area (Å²) in [7, 11) is 0. The number of hydrogen-bond donors (Lipinski definition) is 2. The Labute approximate surface area is 144 Å². The third-order valence-electron chi connectivity index (χ3n) is 4.05. The molecular formula is C19H15N3OS. The largest absolute Gasteiger partial charge is 0.493 e. The zero-order valence-corrected chi connectivity index (χ0v) is 13.8. The number of H-pyrrole nitrogens is 1. The van der Waals surface area contributed by atoms with Crippen LogP contribution < -0.4 is 0 Å². The van der Waals surface area contributed by atoms with Gasteiger partial charge in [-0.2, -0.15) is 0 Å². The van der Waals surface area contributed by atoms with Gasteiger partial charge in [0.05, 0.1) is 11.4 Å². The lowest BCUT2D eigenvalue weighted by Crippen LogP contribution is -1.93. The third-order valence-corrected chi connectivity index (χ3v) is 4.33. The molecule has 0 saturated heterocycles. The van der Waals surface area contributed by atoms with Crippen LogP contribution in [0.25, 0.3) is 17.3 Å². The molecule has 0 fully saturated rings. The van der Waals surface area contributed by atoms with Gasteiger partial charge >= 0.3 is 0 Å². The quantitative estimate of drug-likeness (QED) is 0.662. The molecule has 3 aromatic rings. The Bertz CT molecular complexity index is 1040. The van der Waals surface area contributed by atoms with Crippen molar-refractivity contribution in [2.45, 2.75) is 6.92 Å². The minimum atomic E-state index is 0.0918. The molecule has 4 nitrogen and oxygen atoms in total. The number of aliphatic imine (C=N–C) groups is 1. The first kappa shape index (κ1) is 14.7. The number of aromatic nitrogens is 2. The molecule has 0 radical (unpaired) electrons. The van der Waals surface area contributed by atoms with Crippen molar-refractivity contribution in [3.63, 3.8) is 0 Å². The summed E-state index contributed by atoms with van der Waals surface area (Å²) in [6, 6.07) is 15.7. The van der Waals surface area contributed by atoms with E-state index in [0.717, 1.165) is 28.1 Å². The van der Waals surface area contributed by atoms with Crippen LogP contribution in [0.2, 0.25) is 0 Å². The number of para-hydroxylation sites is 1. The van der Waals surface area contributed by atoms with Crippen molar-refractivity contribution in [2.24, 2.45) is 4.99 Å². The summed E-state index contributed by atoms with van der Waals surface area (Å²) in [6.07, 6.45) is 3.66. The van der Waals surface area contributed by atoms with Gasteiger partial charge < -0.3 is 10.1 Å². The Morgan fingerprint density at radius 1 is 1.12 bits per heavy atom. The van der Waals surface area contributed by atoms with E-state index in [0.29, 0.717) is 10.5 Å². The number of hydrogen-bond acceptors (Lipinski definition) is 3. The van der Waals surface area contributed by atoms with Crippen molar-refractivity contribution >= 4 is 35.8 Å². The Morgan fingerprint density at radius 2 is 1.88 bits per heavy atom. The molecule has 2 heterocycles. The van der Waals surface area contributed by atoms with E-state index in [1.807, 2.05) is 61.5 Å². The highest BCUT2D eigenvalue weighted by molar-refractivity contribution is 7.71. The lowest BCUT2D eigenvalue weighted by molar-refractivity contribution is 0.441. The van der Waals surface area contributed by atoms with Crippen LogP contribution in [0.4, 0.5) is 5.69 Å². The third kappa shape index (κ3) is 2.39. The van der Waals surface area contributed by atoms with E-state index < -0.39 is 0 Å². The first-order valence-corrected chi connectivity index (χ1v) is 8.00. The van der Waals surface area contributed by atoms with E-state index >= 15 is 0 Å². The Morgan fingerprint density at radius 3 is 2.67 bits per heavy atom. The molecule has 0 amide bonds. The number of imidazole rings is 1. The van der Waals surface area contributed by atoms with Gasteiger partial charge in [0.25, 0.3) is 0 Å². The van der Waals surface area contributed by atoms with E-state index in [4.69, 9.17) is 12.2 Å². The topological polar surface area (TPSA) is 53.3 Å². The van der Waals surface area contributed by atoms with Crippen LogP contribution in [0, 0.1) is 11.7 Å². The number of aromatic amines is 1. The van der Waals surface area contributed by atoms with Crippen LogP contribution >= 0.6 is 12.2 Å². The van der Waals surface area contributed by atoms with Crippen molar-refractivity contribution < 1.29 is 5.11 Å². The molecule has 24 heavy (non-hydrogen) atoms. The van der Waals surface area contributed by atoms with Crippen molar-refractivity contribution in [2.75, 3.05) is 0 Å². The van der Waals surface area contributed by atoms with Crippen molar-refractivity contribution in [3.05, 3.63) is 70.1 Å². The Hall–Kier alpha value is -2.92. The van der Waals surface area contributed by atoms with Crippen molar-refractivity contribution in [1.82, 2.24) is 9.55 Å². The molecular weight excluding hydrogens is 318 g/mol. The van der Waals surface area contributed by atoms with E-state index in [9.17, 15) is 5.11 Å². The monoisotopic (exact) mass is 333 g/mol. The average Bonchev–Trinajstić information content (AvgIpc) is 3.11. The standard InChI is InChI=1S/C19H15N3OS/c1-12-6-8-14(9-7-12)22-18(23)17(21-19(22)24)10-13-11-20-16-5-3-2-4-15(13)16/h2-11,23H,1H3,(H,21,24). The molecule has 0 atom stereocenters. The minimum Gasteiger partial charge on any atom is -0.493 e. The molecule has 1 aromatic heterocycles. The van der Waals surface area contributed by atoms with Crippen LogP contribution in [0.1, 0.15) is 16.8 Å². The van der Waals surface area contributed by atoms with Crippen LogP contribution in [0.5, 0.6) is 5.88 Å². The SMILES string of the molecule is Cc1ccc(-n2c(O)c(C=C3C=Nc4ccccc43)[nH]c2=S)cc1. The zero-order valence-electron chi connectivity index (χ0n) is 13.0. The van der Waals surface area contributed by atoms with Gasteiger partial charge in [0.1, 0.15) is 5.69 Å². The maximum Gasteiger partial charge on any atom is 0.222 e. The molecule has 5 heteroatoms. The molecule has 118 valence electrons. The lowest BCUT2D eigenvalue weighted by Gasteiger charge is -2.04.